The van der Waals surface area contributed by atoms with Crippen molar-refractivity contribution in [3.05, 3.63) is 24.0 Å². The Morgan fingerprint density at radius 1 is 1.23 bits per heavy atom. The topological polar surface area (TPSA) is 49.4 Å². The van der Waals surface area contributed by atoms with Gasteiger partial charge >= 0.3 is 0 Å². The summed E-state index contributed by atoms with van der Waals surface area (Å²) in [6, 6.07) is 4.73. The van der Waals surface area contributed by atoms with Crippen molar-refractivity contribution in [3.63, 3.8) is 0 Å². The molecule has 0 radical (unpaired) electrons. The number of rotatable bonds is 5. The van der Waals surface area contributed by atoms with E-state index in [0.29, 0.717) is 11.7 Å². The number of halogens is 1. The summed E-state index contributed by atoms with van der Waals surface area (Å²) in [6.45, 7) is 2.72. The molecule has 0 spiro atoms. The lowest BCUT2D eigenvalue weighted by Crippen LogP contribution is -2.43. The molecule has 0 amide bonds. The van der Waals surface area contributed by atoms with E-state index in [9.17, 15) is 12.8 Å². The van der Waals surface area contributed by atoms with Crippen LogP contribution < -0.4 is 10.2 Å². The van der Waals surface area contributed by atoms with Crippen LogP contribution in [0.3, 0.4) is 0 Å². The summed E-state index contributed by atoms with van der Waals surface area (Å²) in [7, 11) is -3.36. The van der Waals surface area contributed by atoms with Gasteiger partial charge < -0.3 is 10.2 Å². The molecule has 1 aliphatic heterocycles. The minimum absolute atomic E-state index is 0.0368. The van der Waals surface area contributed by atoms with Gasteiger partial charge in [-0.1, -0.05) is 0 Å². The van der Waals surface area contributed by atoms with Gasteiger partial charge in [-0.3, -0.25) is 0 Å². The Morgan fingerprint density at radius 2 is 1.91 bits per heavy atom. The number of nitrogens with one attached hydrogen (secondary N) is 1. The molecule has 1 heterocycles. The van der Waals surface area contributed by atoms with Crippen molar-refractivity contribution in [2.45, 2.75) is 36.6 Å². The van der Waals surface area contributed by atoms with Gasteiger partial charge in [0.05, 0.1) is 10.6 Å². The molecule has 6 heteroatoms. The summed E-state index contributed by atoms with van der Waals surface area (Å²) in [6.07, 6.45) is 5.80. The third-order valence-electron chi connectivity index (χ3n) is 4.58. The van der Waals surface area contributed by atoms with Crippen LogP contribution in [0.15, 0.2) is 23.1 Å². The van der Waals surface area contributed by atoms with Crippen LogP contribution >= 0.6 is 0 Å². The molecular formula is C16H23FN2O2S. The highest BCUT2D eigenvalue weighted by molar-refractivity contribution is 7.90. The first-order valence-electron chi connectivity index (χ1n) is 7.91. The zero-order valence-corrected chi connectivity index (χ0v) is 13.7. The molecule has 1 N–H and O–H groups in total. The molecule has 1 saturated heterocycles. The summed E-state index contributed by atoms with van der Waals surface area (Å²) in [5.41, 5.74) is 0.507. The Bertz CT molecular complexity index is 636. The minimum atomic E-state index is -3.36. The second-order valence-electron chi connectivity index (χ2n) is 6.50. The Labute approximate surface area is 131 Å². The first kappa shape index (κ1) is 15.7. The third kappa shape index (κ3) is 3.79. The van der Waals surface area contributed by atoms with Crippen LogP contribution in [-0.4, -0.2) is 40.3 Å². The van der Waals surface area contributed by atoms with E-state index in [2.05, 4.69) is 5.32 Å². The fourth-order valence-electron chi connectivity index (χ4n) is 2.95. The average Bonchev–Trinajstić information content (AvgIpc) is 3.29. The molecule has 2 aliphatic rings. The van der Waals surface area contributed by atoms with Crippen molar-refractivity contribution in [2.75, 3.05) is 30.8 Å². The average molecular weight is 326 g/mol. The summed E-state index contributed by atoms with van der Waals surface area (Å²) in [5, 5.41) is 3.60. The number of anilines is 1. The van der Waals surface area contributed by atoms with E-state index in [1.807, 2.05) is 4.90 Å². The Hall–Kier alpha value is -1.14. The summed E-state index contributed by atoms with van der Waals surface area (Å²) >= 11 is 0. The normalized spacial score (nSPS) is 20.4. The molecule has 0 aromatic heterocycles. The molecule has 0 atom stereocenters. The van der Waals surface area contributed by atoms with Crippen LogP contribution in [0.2, 0.25) is 0 Å². The summed E-state index contributed by atoms with van der Waals surface area (Å²) < 4.78 is 37.1. The smallest absolute Gasteiger partial charge is 0.175 e. The van der Waals surface area contributed by atoms with Gasteiger partial charge in [0.15, 0.2) is 9.84 Å². The van der Waals surface area contributed by atoms with Crippen LogP contribution in [0.1, 0.15) is 25.7 Å². The van der Waals surface area contributed by atoms with Gasteiger partial charge in [-0.2, -0.15) is 0 Å². The van der Waals surface area contributed by atoms with Gasteiger partial charge in [-0.15, -0.1) is 0 Å². The Morgan fingerprint density at radius 3 is 2.45 bits per heavy atom. The molecule has 1 saturated carbocycles. The van der Waals surface area contributed by atoms with E-state index in [1.54, 1.807) is 6.07 Å². The highest BCUT2D eigenvalue weighted by Crippen LogP contribution is 2.29. The number of nitrogens with zero attached hydrogens (tertiary/aromatic N) is 1. The number of sulfone groups is 1. The largest absolute Gasteiger partial charge is 0.369 e. The van der Waals surface area contributed by atoms with Crippen molar-refractivity contribution in [1.29, 1.82) is 0 Å². The fourth-order valence-corrected chi connectivity index (χ4v) is 3.59. The van der Waals surface area contributed by atoms with E-state index in [0.717, 1.165) is 50.7 Å². The Kier molecular flexibility index (Phi) is 4.41. The summed E-state index contributed by atoms with van der Waals surface area (Å²) in [4.78, 5) is 2.05. The second-order valence-corrected chi connectivity index (χ2v) is 8.51. The molecule has 3 rings (SSSR count). The van der Waals surface area contributed by atoms with E-state index in [4.69, 9.17) is 0 Å². The van der Waals surface area contributed by atoms with Gasteiger partial charge in [-0.05, 0) is 56.3 Å². The molecule has 22 heavy (non-hydrogen) atoms. The number of hydrogen-bond donors (Lipinski definition) is 1. The molecule has 122 valence electrons. The first-order chi connectivity index (χ1) is 10.4. The van der Waals surface area contributed by atoms with Gasteiger partial charge in [0.2, 0.25) is 0 Å². The lowest BCUT2D eigenvalue weighted by atomic mass is 10.0. The first-order valence-corrected chi connectivity index (χ1v) is 9.80. The van der Waals surface area contributed by atoms with Crippen LogP contribution in [0.25, 0.3) is 0 Å². The maximum Gasteiger partial charge on any atom is 0.175 e. The molecule has 1 aliphatic carbocycles. The molecule has 0 unspecified atom stereocenters. The third-order valence-corrected chi connectivity index (χ3v) is 5.69. The molecular weight excluding hydrogens is 303 g/mol. The lowest BCUT2D eigenvalue weighted by Gasteiger charge is -2.34. The van der Waals surface area contributed by atoms with Gasteiger partial charge in [-0.25, -0.2) is 12.8 Å². The van der Waals surface area contributed by atoms with Gasteiger partial charge in [0.1, 0.15) is 5.82 Å². The number of hydrogen-bond acceptors (Lipinski definition) is 4. The molecule has 0 bridgehead atoms. The SMILES string of the molecule is CS(=O)(=O)c1ccc(N2CCC(NCC3CC3)CC2)c(F)c1. The molecule has 2 fully saturated rings. The monoisotopic (exact) mass is 326 g/mol. The van der Waals surface area contributed by atoms with Crippen molar-refractivity contribution in [3.8, 4) is 0 Å². The van der Waals surface area contributed by atoms with Crippen molar-refractivity contribution in [1.82, 2.24) is 5.32 Å². The predicted molar refractivity (Wildman–Crippen MR) is 85.5 cm³/mol. The maximum atomic E-state index is 14.2. The van der Waals surface area contributed by atoms with Crippen LogP contribution in [-0.2, 0) is 9.84 Å². The molecule has 1 aromatic rings. The standard InChI is InChI=1S/C16H23FN2O2S/c1-22(20,21)14-4-5-16(15(17)10-14)19-8-6-13(7-9-19)18-11-12-2-3-12/h4-5,10,12-13,18H,2-3,6-9,11H2,1H3. The fraction of sp³-hybridized carbons (Fsp3) is 0.625. The van der Waals surface area contributed by atoms with Gasteiger partial charge in [0.25, 0.3) is 0 Å². The second kappa shape index (κ2) is 6.16. The Balaban J connectivity index is 1.60. The van der Waals surface area contributed by atoms with Gasteiger partial charge in [0, 0.05) is 25.4 Å². The lowest BCUT2D eigenvalue weighted by molar-refractivity contribution is 0.406. The van der Waals surface area contributed by atoms with Crippen LogP contribution in [0.4, 0.5) is 10.1 Å². The van der Waals surface area contributed by atoms with Crippen molar-refractivity contribution in [2.24, 2.45) is 5.92 Å². The van der Waals surface area contributed by atoms with Crippen molar-refractivity contribution < 1.29 is 12.8 Å². The number of piperidine rings is 1. The molecule has 1 aromatic carbocycles. The van der Waals surface area contributed by atoms with Crippen LogP contribution in [0, 0.1) is 11.7 Å². The minimum Gasteiger partial charge on any atom is -0.369 e. The van der Waals surface area contributed by atoms with Crippen LogP contribution in [0.5, 0.6) is 0 Å². The zero-order chi connectivity index (χ0) is 15.7. The molecule has 4 nitrogen and oxygen atoms in total. The quantitative estimate of drug-likeness (QED) is 0.901. The zero-order valence-electron chi connectivity index (χ0n) is 12.9. The van der Waals surface area contributed by atoms with E-state index >= 15 is 0 Å². The van der Waals surface area contributed by atoms with E-state index in [1.165, 1.54) is 18.9 Å². The number of benzene rings is 1. The highest BCUT2D eigenvalue weighted by Gasteiger charge is 2.25. The predicted octanol–water partition coefficient (Wildman–Crippen LogP) is 2.20. The van der Waals surface area contributed by atoms with E-state index < -0.39 is 15.7 Å². The highest BCUT2D eigenvalue weighted by atomic mass is 32.2. The van der Waals surface area contributed by atoms with Crippen molar-refractivity contribution >= 4 is 15.5 Å². The maximum absolute atomic E-state index is 14.2. The van der Waals surface area contributed by atoms with E-state index in [-0.39, 0.29) is 4.90 Å². The summed E-state index contributed by atoms with van der Waals surface area (Å²) in [5.74, 6) is 0.423.